The van der Waals surface area contributed by atoms with Crippen LogP contribution in [-0.2, 0) is 19.3 Å². The van der Waals surface area contributed by atoms with Crippen LogP contribution in [0.5, 0.6) is 0 Å². The summed E-state index contributed by atoms with van der Waals surface area (Å²) in [4.78, 5) is 0. The Hall–Kier alpha value is -0.130. The first-order valence-corrected chi connectivity index (χ1v) is 8.30. The molecule has 0 N–H and O–H groups in total. The van der Waals surface area contributed by atoms with Crippen molar-refractivity contribution < 1.29 is 17.9 Å². The van der Waals surface area contributed by atoms with Crippen molar-refractivity contribution in [1.82, 2.24) is 0 Å². The maximum absolute atomic E-state index is 11.5. The smallest absolute Gasteiger partial charge is 0.154 e. The fourth-order valence-electron chi connectivity index (χ4n) is 1.17. The third kappa shape index (κ3) is 12.1. The van der Waals surface area contributed by atoms with Crippen LogP contribution in [0.4, 0.5) is 0 Å². The summed E-state index contributed by atoms with van der Waals surface area (Å²) in [5, 5.41) is 0. The lowest BCUT2D eigenvalue weighted by atomic mass is 10.4. The summed E-state index contributed by atoms with van der Waals surface area (Å²) in [5.74, 6) is 0.210. The lowest BCUT2D eigenvalue weighted by molar-refractivity contribution is 0.142. The van der Waals surface area contributed by atoms with Crippen LogP contribution in [0, 0.1) is 0 Å². The molecule has 0 aromatic rings. The van der Waals surface area contributed by atoms with E-state index in [1.165, 1.54) is 0 Å². The van der Waals surface area contributed by atoms with Gasteiger partial charge < -0.3 is 9.47 Å². The van der Waals surface area contributed by atoms with E-state index in [-0.39, 0.29) is 11.5 Å². The van der Waals surface area contributed by atoms with Gasteiger partial charge >= 0.3 is 0 Å². The van der Waals surface area contributed by atoms with E-state index in [9.17, 15) is 8.42 Å². The van der Waals surface area contributed by atoms with Crippen molar-refractivity contribution in [3.8, 4) is 0 Å². The van der Waals surface area contributed by atoms with Gasteiger partial charge in [-0.25, -0.2) is 8.42 Å². The van der Waals surface area contributed by atoms with E-state index in [1.807, 2.05) is 0 Å². The average Bonchev–Trinajstić information content (AvgIpc) is 2.28. The zero-order valence-corrected chi connectivity index (χ0v) is 11.9. The molecular formula is C12H26O4S. The second-order valence-corrected chi connectivity index (χ2v) is 6.39. The number of hydrogen-bond donors (Lipinski definition) is 0. The first-order chi connectivity index (χ1) is 8.12. The van der Waals surface area contributed by atoms with E-state index in [4.69, 9.17) is 9.47 Å². The van der Waals surface area contributed by atoms with Gasteiger partial charge in [-0.3, -0.25) is 0 Å². The Kier molecular flexibility index (Phi) is 10.9. The number of sulfone groups is 1. The number of rotatable bonds is 12. The normalized spacial score (nSPS) is 11.9. The van der Waals surface area contributed by atoms with Crippen LogP contribution < -0.4 is 0 Å². The van der Waals surface area contributed by atoms with E-state index < -0.39 is 9.84 Å². The fraction of sp³-hybridized carbons (Fsp3) is 1.00. The van der Waals surface area contributed by atoms with Gasteiger partial charge in [-0.15, -0.1) is 0 Å². The van der Waals surface area contributed by atoms with Gasteiger partial charge in [0.1, 0.15) is 0 Å². The molecule has 17 heavy (non-hydrogen) atoms. The van der Waals surface area contributed by atoms with Gasteiger partial charge in [-0.1, -0.05) is 26.7 Å². The van der Waals surface area contributed by atoms with Crippen LogP contribution in [0.2, 0.25) is 0 Å². The van der Waals surface area contributed by atoms with Gasteiger partial charge in [0.25, 0.3) is 0 Å². The molecule has 0 radical (unpaired) electrons. The van der Waals surface area contributed by atoms with Crippen LogP contribution >= 0.6 is 0 Å². The zero-order chi connectivity index (χ0) is 13.0. The summed E-state index contributed by atoms with van der Waals surface area (Å²) in [6.07, 6.45) is 4.11. The highest BCUT2D eigenvalue weighted by Crippen LogP contribution is 1.95. The molecule has 0 fully saturated rings. The van der Waals surface area contributed by atoms with Gasteiger partial charge in [0, 0.05) is 13.2 Å². The highest BCUT2D eigenvalue weighted by atomic mass is 32.2. The molecule has 0 aliphatic heterocycles. The lowest BCUT2D eigenvalue weighted by Gasteiger charge is -2.06. The molecule has 0 saturated heterocycles. The van der Waals surface area contributed by atoms with Crippen LogP contribution in [0.15, 0.2) is 0 Å². The summed E-state index contributed by atoms with van der Waals surface area (Å²) >= 11 is 0. The molecular weight excluding hydrogens is 240 g/mol. The predicted molar refractivity (Wildman–Crippen MR) is 70.1 cm³/mol. The molecule has 0 saturated carbocycles. The van der Waals surface area contributed by atoms with Crippen LogP contribution in [0.25, 0.3) is 0 Å². The highest BCUT2D eigenvalue weighted by molar-refractivity contribution is 7.91. The van der Waals surface area contributed by atoms with Gasteiger partial charge in [-0.2, -0.15) is 0 Å². The summed E-state index contributed by atoms with van der Waals surface area (Å²) in [7, 11) is -3.01. The van der Waals surface area contributed by atoms with Gasteiger partial charge in [0.05, 0.1) is 24.7 Å². The fourth-order valence-corrected chi connectivity index (χ4v) is 2.12. The number of ether oxygens (including phenoxy) is 2. The SMILES string of the molecule is CCCCOCCS(=O)(=O)CCOCCCC. The molecule has 4 nitrogen and oxygen atoms in total. The Morgan fingerprint density at radius 1 is 0.765 bits per heavy atom. The third-order valence-corrected chi connectivity index (χ3v) is 3.94. The van der Waals surface area contributed by atoms with E-state index in [0.29, 0.717) is 26.4 Å². The largest absolute Gasteiger partial charge is 0.380 e. The maximum atomic E-state index is 11.5. The quantitative estimate of drug-likeness (QED) is 0.507. The van der Waals surface area contributed by atoms with Crippen LogP contribution in [0.3, 0.4) is 0 Å². The van der Waals surface area contributed by atoms with Crippen molar-refractivity contribution in [3.63, 3.8) is 0 Å². The minimum atomic E-state index is -3.01. The maximum Gasteiger partial charge on any atom is 0.154 e. The Balaban J connectivity index is 3.46. The predicted octanol–water partition coefficient (Wildman–Crippen LogP) is 2.03. The molecule has 0 bridgehead atoms. The summed E-state index contributed by atoms with van der Waals surface area (Å²) in [5.41, 5.74) is 0. The molecule has 0 spiro atoms. The molecule has 0 amide bonds. The molecule has 5 heteroatoms. The minimum Gasteiger partial charge on any atom is -0.380 e. The van der Waals surface area contributed by atoms with E-state index in [0.717, 1.165) is 25.7 Å². The van der Waals surface area contributed by atoms with Gasteiger partial charge in [0.15, 0.2) is 9.84 Å². The second kappa shape index (κ2) is 11.0. The molecule has 0 aliphatic carbocycles. The van der Waals surface area contributed by atoms with E-state index in [1.54, 1.807) is 0 Å². The van der Waals surface area contributed by atoms with Gasteiger partial charge in [-0.05, 0) is 12.8 Å². The van der Waals surface area contributed by atoms with Crippen LogP contribution in [-0.4, -0.2) is 46.4 Å². The average molecular weight is 266 g/mol. The van der Waals surface area contributed by atoms with E-state index >= 15 is 0 Å². The first-order valence-electron chi connectivity index (χ1n) is 6.48. The Labute approximate surface area is 106 Å². The monoisotopic (exact) mass is 266 g/mol. The molecule has 0 rings (SSSR count). The first kappa shape index (κ1) is 16.9. The van der Waals surface area contributed by atoms with Crippen molar-refractivity contribution in [2.24, 2.45) is 0 Å². The lowest BCUT2D eigenvalue weighted by Crippen LogP contribution is -2.19. The Morgan fingerprint density at radius 3 is 1.53 bits per heavy atom. The highest BCUT2D eigenvalue weighted by Gasteiger charge is 2.10. The topological polar surface area (TPSA) is 52.6 Å². The molecule has 0 aliphatic rings. The number of unbranched alkanes of at least 4 members (excludes halogenated alkanes) is 2. The van der Waals surface area contributed by atoms with E-state index in [2.05, 4.69) is 13.8 Å². The minimum absolute atomic E-state index is 0.105. The van der Waals surface area contributed by atoms with Crippen molar-refractivity contribution in [2.75, 3.05) is 37.9 Å². The van der Waals surface area contributed by atoms with Gasteiger partial charge in [0.2, 0.25) is 0 Å². The summed E-state index contributed by atoms with van der Waals surface area (Å²) < 4.78 is 33.5. The summed E-state index contributed by atoms with van der Waals surface area (Å²) in [6.45, 7) is 6.06. The third-order valence-electron chi connectivity index (χ3n) is 2.36. The standard InChI is InChI=1S/C12H26O4S/c1-3-5-7-15-9-11-17(13,14)12-10-16-8-6-4-2/h3-12H2,1-2H3. The number of hydrogen-bond acceptors (Lipinski definition) is 4. The molecule has 104 valence electrons. The Morgan fingerprint density at radius 2 is 1.18 bits per heavy atom. The van der Waals surface area contributed by atoms with Crippen LogP contribution in [0.1, 0.15) is 39.5 Å². The molecule has 0 aromatic carbocycles. The summed E-state index contributed by atoms with van der Waals surface area (Å²) in [6, 6.07) is 0. The van der Waals surface area contributed by atoms with Crippen molar-refractivity contribution >= 4 is 9.84 Å². The second-order valence-electron chi connectivity index (χ2n) is 4.08. The zero-order valence-electron chi connectivity index (χ0n) is 11.1. The molecule has 0 aromatic heterocycles. The van der Waals surface area contributed by atoms with Crippen molar-refractivity contribution in [3.05, 3.63) is 0 Å². The molecule has 0 unspecified atom stereocenters. The molecule has 0 atom stereocenters. The Bertz CT molecular complexity index is 229. The van der Waals surface area contributed by atoms with Crippen molar-refractivity contribution in [2.45, 2.75) is 39.5 Å². The van der Waals surface area contributed by atoms with Crippen molar-refractivity contribution in [1.29, 1.82) is 0 Å². The molecule has 0 heterocycles.